The van der Waals surface area contributed by atoms with Crippen LogP contribution in [0.5, 0.6) is 5.75 Å². The molecule has 0 bridgehead atoms. The van der Waals surface area contributed by atoms with E-state index < -0.39 is 0 Å². The van der Waals surface area contributed by atoms with Crippen molar-refractivity contribution in [1.82, 2.24) is 20.2 Å². The molecule has 20 heavy (non-hydrogen) atoms. The van der Waals surface area contributed by atoms with Crippen LogP contribution < -0.4 is 4.74 Å². The minimum absolute atomic E-state index is 0.730. The number of fused-ring (bicyclic) bond motifs is 3. The van der Waals surface area contributed by atoms with Gasteiger partial charge in [0.25, 0.3) is 0 Å². The van der Waals surface area contributed by atoms with Gasteiger partial charge in [-0.15, -0.1) is 11.3 Å². The molecule has 1 aromatic carbocycles. The summed E-state index contributed by atoms with van der Waals surface area (Å²) in [5.41, 5.74) is 3.56. The minimum Gasteiger partial charge on any atom is -0.497 e. The summed E-state index contributed by atoms with van der Waals surface area (Å²) in [5.74, 6) is 1.60. The number of hydrogen-bond donors (Lipinski definition) is 1. The molecule has 0 spiro atoms. The molecule has 4 rings (SSSR count). The van der Waals surface area contributed by atoms with E-state index >= 15 is 0 Å². The fourth-order valence-corrected chi connectivity index (χ4v) is 3.53. The average Bonchev–Trinajstić information content (AvgIpc) is 3.15. The maximum atomic E-state index is 5.32. The molecular weight excluding hydrogens is 272 g/mol. The van der Waals surface area contributed by atoms with Gasteiger partial charge in [0.05, 0.1) is 12.8 Å². The van der Waals surface area contributed by atoms with Crippen molar-refractivity contribution >= 4 is 11.3 Å². The lowest BCUT2D eigenvalue weighted by Crippen LogP contribution is -2.02. The Morgan fingerprint density at radius 2 is 2.25 bits per heavy atom. The van der Waals surface area contributed by atoms with Crippen LogP contribution in [-0.2, 0) is 12.8 Å². The molecule has 0 fully saturated rings. The van der Waals surface area contributed by atoms with Gasteiger partial charge in [0.2, 0.25) is 0 Å². The molecule has 0 unspecified atom stereocenters. The standard InChI is InChI=1S/C14H12N4OS/c1-19-9-4-2-8-3-5-11-12(10(8)6-9)17-14(20-11)13-15-7-16-18-13/h2,4,6-7H,3,5H2,1H3,(H,15,16,18). The summed E-state index contributed by atoms with van der Waals surface area (Å²) in [4.78, 5) is 10.2. The number of nitrogens with zero attached hydrogens (tertiary/aromatic N) is 3. The molecule has 3 aromatic rings. The second-order valence-electron chi connectivity index (χ2n) is 4.65. The van der Waals surface area contributed by atoms with Gasteiger partial charge in [-0.1, -0.05) is 6.07 Å². The van der Waals surface area contributed by atoms with Crippen molar-refractivity contribution in [1.29, 1.82) is 0 Å². The van der Waals surface area contributed by atoms with E-state index in [0.29, 0.717) is 0 Å². The average molecular weight is 284 g/mol. The summed E-state index contributed by atoms with van der Waals surface area (Å²) < 4.78 is 5.32. The monoisotopic (exact) mass is 284 g/mol. The zero-order valence-electron chi connectivity index (χ0n) is 10.9. The Kier molecular flexibility index (Phi) is 2.56. The molecule has 1 N–H and O–H groups in total. The Morgan fingerprint density at radius 3 is 3.05 bits per heavy atom. The molecule has 0 atom stereocenters. The highest BCUT2D eigenvalue weighted by molar-refractivity contribution is 7.15. The molecule has 2 heterocycles. The normalized spacial score (nSPS) is 12.8. The van der Waals surface area contributed by atoms with E-state index in [9.17, 15) is 0 Å². The first-order valence-corrected chi connectivity index (χ1v) is 7.19. The summed E-state index contributed by atoms with van der Waals surface area (Å²) in [6, 6.07) is 6.20. The zero-order chi connectivity index (χ0) is 13.5. The van der Waals surface area contributed by atoms with Crippen molar-refractivity contribution < 1.29 is 4.74 Å². The van der Waals surface area contributed by atoms with Gasteiger partial charge in [-0.25, -0.2) is 9.97 Å². The van der Waals surface area contributed by atoms with Crippen LogP contribution >= 0.6 is 11.3 Å². The zero-order valence-corrected chi connectivity index (χ0v) is 11.7. The smallest absolute Gasteiger partial charge is 0.184 e. The molecule has 5 nitrogen and oxygen atoms in total. The van der Waals surface area contributed by atoms with Gasteiger partial charge >= 0.3 is 0 Å². The quantitative estimate of drug-likeness (QED) is 0.786. The maximum Gasteiger partial charge on any atom is 0.184 e. The predicted molar refractivity (Wildman–Crippen MR) is 76.9 cm³/mol. The molecule has 1 aliphatic carbocycles. The molecule has 1 aliphatic rings. The third kappa shape index (κ3) is 1.72. The van der Waals surface area contributed by atoms with E-state index in [1.165, 1.54) is 22.3 Å². The van der Waals surface area contributed by atoms with Gasteiger partial charge in [-0.05, 0) is 30.5 Å². The fourth-order valence-electron chi connectivity index (χ4n) is 2.51. The van der Waals surface area contributed by atoms with Crippen LogP contribution in [-0.4, -0.2) is 27.3 Å². The largest absolute Gasteiger partial charge is 0.497 e. The van der Waals surface area contributed by atoms with E-state index in [1.54, 1.807) is 18.4 Å². The highest BCUT2D eigenvalue weighted by atomic mass is 32.1. The number of rotatable bonds is 2. The predicted octanol–water partition coefficient (Wildman–Crippen LogP) is 2.70. The number of nitrogens with one attached hydrogen (secondary N) is 1. The Balaban J connectivity index is 1.87. The topological polar surface area (TPSA) is 63.7 Å². The highest BCUT2D eigenvalue weighted by Gasteiger charge is 2.22. The highest BCUT2D eigenvalue weighted by Crippen LogP contribution is 2.39. The molecule has 0 saturated carbocycles. The summed E-state index contributed by atoms with van der Waals surface area (Å²) in [6.45, 7) is 0. The third-order valence-corrected chi connectivity index (χ3v) is 4.63. The van der Waals surface area contributed by atoms with E-state index in [4.69, 9.17) is 9.72 Å². The molecule has 0 saturated heterocycles. The molecular formula is C14H12N4OS. The van der Waals surface area contributed by atoms with Gasteiger partial charge in [0.1, 0.15) is 12.1 Å². The first kappa shape index (κ1) is 11.6. The lowest BCUT2D eigenvalue weighted by Gasteiger charge is -2.15. The number of hydrogen-bond acceptors (Lipinski definition) is 5. The second-order valence-corrected chi connectivity index (χ2v) is 5.73. The van der Waals surface area contributed by atoms with Crippen LogP contribution in [0, 0.1) is 0 Å². The van der Waals surface area contributed by atoms with Crippen molar-refractivity contribution in [3.8, 4) is 27.8 Å². The minimum atomic E-state index is 0.730. The van der Waals surface area contributed by atoms with Gasteiger partial charge in [0.15, 0.2) is 10.8 Å². The van der Waals surface area contributed by atoms with Gasteiger partial charge in [-0.2, -0.15) is 5.10 Å². The van der Waals surface area contributed by atoms with Crippen molar-refractivity contribution in [2.24, 2.45) is 0 Å². The number of methoxy groups -OCH3 is 1. The van der Waals surface area contributed by atoms with E-state index in [2.05, 4.69) is 27.3 Å². The van der Waals surface area contributed by atoms with Crippen molar-refractivity contribution in [2.45, 2.75) is 12.8 Å². The lowest BCUT2D eigenvalue weighted by molar-refractivity contribution is 0.415. The van der Waals surface area contributed by atoms with Crippen molar-refractivity contribution in [3.05, 3.63) is 35.0 Å². The Hall–Kier alpha value is -2.21. The van der Waals surface area contributed by atoms with Crippen LogP contribution in [0.15, 0.2) is 24.5 Å². The molecule has 2 aromatic heterocycles. The van der Waals surface area contributed by atoms with E-state index in [-0.39, 0.29) is 0 Å². The van der Waals surface area contributed by atoms with Crippen LogP contribution in [0.3, 0.4) is 0 Å². The first-order valence-electron chi connectivity index (χ1n) is 6.38. The Morgan fingerprint density at radius 1 is 1.30 bits per heavy atom. The van der Waals surface area contributed by atoms with Crippen LogP contribution in [0.25, 0.3) is 22.1 Å². The SMILES string of the molecule is COc1ccc2c(c1)-c1nc(-c3ncn[nH]3)sc1CC2. The molecule has 0 radical (unpaired) electrons. The first-order chi connectivity index (χ1) is 9.85. The van der Waals surface area contributed by atoms with E-state index in [0.717, 1.165) is 35.1 Å². The molecule has 100 valence electrons. The molecule has 0 amide bonds. The summed E-state index contributed by atoms with van der Waals surface area (Å²) in [6.07, 6.45) is 3.58. The summed E-state index contributed by atoms with van der Waals surface area (Å²) in [7, 11) is 1.69. The van der Waals surface area contributed by atoms with Crippen LogP contribution in [0.1, 0.15) is 10.4 Å². The number of benzene rings is 1. The van der Waals surface area contributed by atoms with Gasteiger partial charge in [0, 0.05) is 10.4 Å². The summed E-state index contributed by atoms with van der Waals surface area (Å²) in [5, 5.41) is 7.65. The van der Waals surface area contributed by atoms with Gasteiger partial charge in [-0.3, -0.25) is 5.10 Å². The number of thiazole rings is 1. The number of aromatic nitrogens is 4. The second kappa shape index (κ2) is 4.42. The Labute approximate surface area is 119 Å². The molecule has 0 aliphatic heterocycles. The van der Waals surface area contributed by atoms with E-state index in [1.807, 2.05) is 6.07 Å². The third-order valence-electron chi connectivity index (χ3n) is 3.51. The maximum absolute atomic E-state index is 5.32. The van der Waals surface area contributed by atoms with Crippen LogP contribution in [0.2, 0.25) is 0 Å². The fraction of sp³-hybridized carbons (Fsp3) is 0.214. The summed E-state index contributed by atoms with van der Waals surface area (Å²) >= 11 is 1.68. The Bertz CT molecular complexity index is 764. The van der Waals surface area contributed by atoms with Crippen molar-refractivity contribution in [2.75, 3.05) is 7.11 Å². The van der Waals surface area contributed by atoms with Crippen molar-refractivity contribution in [3.63, 3.8) is 0 Å². The number of H-pyrrole nitrogens is 1. The lowest BCUT2D eigenvalue weighted by atomic mass is 9.93. The number of aromatic amines is 1. The van der Waals surface area contributed by atoms with Crippen LogP contribution in [0.4, 0.5) is 0 Å². The number of ether oxygens (including phenoxy) is 1. The van der Waals surface area contributed by atoms with Gasteiger partial charge < -0.3 is 4.74 Å². The number of aryl methyl sites for hydroxylation is 2. The molecule has 6 heteroatoms.